The van der Waals surface area contributed by atoms with Gasteiger partial charge in [-0.25, -0.2) is 0 Å². The summed E-state index contributed by atoms with van der Waals surface area (Å²) in [5.41, 5.74) is 0. The summed E-state index contributed by atoms with van der Waals surface area (Å²) in [7, 11) is 0. The first-order chi connectivity index (χ1) is 8.21. The average molecular weight is 388 g/mol. The smallest absolute Gasteiger partial charge is 0.169 e. The summed E-state index contributed by atoms with van der Waals surface area (Å²) in [6.45, 7) is 0. The van der Waals surface area contributed by atoms with Crippen LogP contribution in [-0.2, 0) is 10.4 Å². The van der Waals surface area contributed by atoms with Crippen molar-refractivity contribution >= 4 is 58.0 Å². The lowest BCUT2D eigenvalue weighted by atomic mass is 10.4. The van der Waals surface area contributed by atoms with Crippen molar-refractivity contribution in [2.75, 3.05) is 0 Å². The van der Waals surface area contributed by atoms with E-state index in [9.17, 15) is 22.0 Å². The van der Waals surface area contributed by atoms with Crippen molar-refractivity contribution in [3.8, 4) is 0 Å². The molecular formula is C5Cl5F5N4. The number of aromatic nitrogens is 4. The molecule has 1 aromatic rings. The summed E-state index contributed by atoms with van der Waals surface area (Å²) in [6, 6.07) is -5.42. The second kappa shape index (κ2) is 4.87. The minimum Gasteiger partial charge on any atom is -0.169 e. The quantitative estimate of drug-likeness (QED) is 0.572. The van der Waals surface area contributed by atoms with Crippen molar-refractivity contribution in [1.82, 2.24) is 20.2 Å². The standard InChI is InChI=1S/C5Cl5F5N4/c6-2(7,3(8,9)10)1-16-18-19(17-1)5(14,15)4(11,12)13. The summed E-state index contributed by atoms with van der Waals surface area (Å²) < 4.78 is 56.7. The van der Waals surface area contributed by atoms with E-state index in [0.29, 0.717) is 0 Å². The third-order valence-corrected chi connectivity index (χ3v) is 3.98. The molecule has 110 valence electrons. The molecule has 19 heavy (non-hydrogen) atoms. The van der Waals surface area contributed by atoms with Crippen molar-refractivity contribution < 1.29 is 22.0 Å². The van der Waals surface area contributed by atoms with E-state index >= 15 is 0 Å². The van der Waals surface area contributed by atoms with Gasteiger partial charge in [0.1, 0.15) is 0 Å². The van der Waals surface area contributed by atoms with E-state index in [1.54, 1.807) is 0 Å². The van der Waals surface area contributed by atoms with E-state index in [0.717, 1.165) is 0 Å². The van der Waals surface area contributed by atoms with Gasteiger partial charge in [-0.3, -0.25) is 0 Å². The molecule has 0 atom stereocenters. The Labute approximate surface area is 126 Å². The number of nitrogens with zero attached hydrogens (tertiary/aromatic N) is 4. The normalized spacial score (nSPS) is 14.8. The van der Waals surface area contributed by atoms with Crippen molar-refractivity contribution in [2.45, 2.75) is 20.3 Å². The van der Waals surface area contributed by atoms with E-state index in [-0.39, 0.29) is 0 Å². The zero-order valence-corrected chi connectivity index (χ0v) is 11.8. The number of hydrogen-bond acceptors (Lipinski definition) is 3. The minimum atomic E-state index is -5.95. The zero-order valence-electron chi connectivity index (χ0n) is 8.07. The molecule has 14 heteroatoms. The van der Waals surface area contributed by atoms with Gasteiger partial charge in [-0.05, 0) is 5.21 Å². The van der Waals surface area contributed by atoms with Crippen LogP contribution in [0.15, 0.2) is 0 Å². The van der Waals surface area contributed by atoms with Gasteiger partial charge in [0.2, 0.25) is 14.0 Å². The first-order valence-corrected chi connectivity index (χ1v) is 5.80. The summed E-state index contributed by atoms with van der Waals surface area (Å²) in [5.74, 6) is -1.03. The highest BCUT2D eigenvalue weighted by Gasteiger charge is 2.62. The SMILES string of the molecule is FC(F)(F)C(F)(F)n1nnc(C(Cl)(Cl)C(Cl)(Cl)Cl)n1. The van der Waals surface area contributed by atoms with Crippen LogP contribution in [0.2, 0.25) is 0 Å². The van der Waals surface area contributed by atoms with E-state index in [4.69, 9.17) is 58.0 Å². The Bertz CT molecular complexity index is 425. The molecule has 0 aliphatic carbocycles. The molecule has 0 amide bonds. The molecule has 0 bridgehead atoms. The van der Waals surface area contributed by atoms with Crippen LogP contribution in [0.25, 0.3) is 0 Å². The number of tetrazole rings is 1. The minimum absolute atomic E-state index is 1.03. The Morgan fingerprint density at radius 2 is 1.37 bits per heavy atom. The van der Waals surface area contributed by atoms with Crippen molar-refractivity contribution in [3.05, 3.63) is 5.82 Å². The van der Waals surface area contributed by atoms with Gasteiger partial charge in [0, 0.05) is 0 Å². The number of hydrogen-bond donors (Lipinski definition) is 0. The van der Waals surface area contributed by atoms with E-state index in [2.05, 4.69) is 15.4 Å². The predicted octanol–water partition coefficient (Wildman–Crippen LogP) is 3.79. The Morgan fingerprint density at radius 1 is 0.895 bits per heavy atom. The molecule has 1 aromatic heterocycles. The molecule has 0 aliphatic heterocycles. The van der Waals surface area contributed by atoms with Gasteiger partial charge >= 0.3 is 12.2 Å². The van der Waals surface area contributed by atoms with Crippen molar-refractivity contribution in [2.24, 2.45) is 0 Å². The highest BCUT2D eigenvalue weighted by atomic mass is 35.6. The van der Waals surface area contributed by atoms with Gasteiger partial charge in [-0.15, -0.1) is 10.2 Å². The largest absolute Gasteiger partial charge is 0.479 e. The van der Waals surface area contributed by atoms with Gasteiger partial charge in [-0.2, -0.15) is 22.0 Å². The number of rotatable bonds is 2. The fourth-order valence-electron chi connectivity index (χ4n) is 0.699. The third-order valence-electron chi connectivity index (χ3n) is 1.64. The second-order valence-electron chi connectivity index (χ2n) is 3.01. The lowest BCUT2D eigenvalue weighted by Gasteiger charge is -2.23. The Morgan fingerprint density at radius 3 is 1.74 bits per heavy atom. The Kier molecular flexibility index (Phi) is 4.41. The Hall–Kier alpha value is 0.170. The second-order valence-corrected chi connectivity index (χ2v) is 6.62. The van der Waals surface area contributed by atoms with Gasteiger partial charge in [0.05, 0.1) is 0 Å². The number of alkyl halides is 10. The van der Waals surface area contributed by atoms with Crippen LogP contribution in [0.4, 0.5) is 22.0 Å². The van der Waals surface area contributed by atoms with Crippen molar-refractivity contribution in [3.63, 3.8) is 0 Å². The van der Waals surface area contributed by atoms with Gasteiger partial charge in [0.25, 0.3) is 0 Å². The van der Waals surface area contributed by atoms with Gasteiger partial charge < -0.3 is 0 Å². The molecule has 1 rings (SSSR count). The molecule has 0 aromatic carbocycles. The first kappa shape index (κ1) is 17.2. The molecule has 0 saturated carbocycles. The van der Waals surface area contributed by atoms with Crippen LogP contribution in [0.1, 0.15) is 5.82 Å². The summed E-state index contributed by atoms with van der Waals surface area (Å²) >= 11 is 26.9. The molecule has 0 N–H and O–H groups in total. The van der Waals surface area contributed by atoms with E-state index in [1.165, 1.54) is 0 Å². The number of halogens is 10. The maximum absolute atomic E-state index is 12.8. The molecule has 0 unspecified atom stereocenters. The third kappa shape index (κ3) is 3.10. The van der Waals surface area contributed by atoms with Crippen molar-refractivity contribution in [1.29, 1.82) is 0 Å². The van der Waals surface area contributed by atoms with Crippen LogP contribution < -0.4 is 0 Å². The summed E-state index contributed by atoms with van der Waals surface area (Å²) in [6.07, 6.45) is -5.95. The van der Waals surface area contributed by atoms with Gasteiger partial charge in [0.15, 0.2) is 0 Å². The van der Waals surface area contributed by atoms with Crippen LogP contribution >= 0.6 is 58.0 Å². The van der Waals surface area contributed by atoms with Crippen LogP contribution in [0.5, 0.6) is 0 Å². The van der Waals surface area contributed by atoms with Crippen LogP contribution in [-0.4, -0.2) is 30.2 Å². The van der Waals surface area contributed by atoms with E-state index < -0.39 is 31.0 Å². The first-order valence-electron chi connectivity index (χ1n) is 3.91. The highest BCUT2D eigenvalue weighted by molar-refractivity contribution is 6.75. The Balaban J connectivity index is 3.22. The highest BCUT2D eigenvalue weighted by Crippen LogP contribution is 2.51. The molecular weight excluding hydrogens is 388 g/mol. The lowest BCUT2D eigenvalue weighted by molar-refractivity contribution is -0.333. The molecule has 0 radical (unpaired) electrons. The summed E-state index contributed by atoms with van der Waals surface area (Å²) in [4.78, 5) is -1.03. The molecule has 4 nitrogen and oxygen atoms in total. The van der Waals surface area contributed by atoms with Crippen LogP contribution in [0, 0.1) is 0 Å². The monoisotopic (exact) mass is 386 g/mol. The lowest BCUT2D eigenvalue weighted by Crippen LogP contribution is -2.41. The molecule has 0 aliphatic rings. The summed E-state index contributed by atoms with van der Waals surface area (Å²) in [5, 5.41) is 8.01. The maximum Gasteiger partial charge on any atom is 0.479 e. The molecule has 0 spiro atoms. The maximum atomic E-state index is 12.8. The van der Waals surface area contributed by atoms with Gasteiger partial charge in [-0.1, -0.05) is 62.8 Å². The predicted molar refractivity (Wildman–Crippen MR) is 57.7 cm³/mol. The molecule has 0 fully saturated rings. The molecule has 1 heterocycles. The van der Waals surface area contributed by atoms with E-state index in [1.807, 2.05) is 0 Å². The molecule has 0 saturated heterocycles. The fourth-order valence-corrected chi connectivity index (χ4v) is 1.10. The average Bonchev–Trinajstić information content (AvgIpc) is 2.62. The fraction of sp³-hybridized carbons (Fsp3) is 0.800. The zero-order chi connectivity index (χ0) is 15.3. The topological polar surface area (TPSA) is 43.6 Å². The van der Waals surface area contributed by atoms with Crippen LogP contribution in [0.3, 0.4) is 0 Å².